The minimum absolute atomic E-state index is 0.0702. The molecule has 0 spiro atoms. The monoisotopic (exact) mass is 246 g/mol. The first kappa shape index (κ1) is 12.8. The maximum atomic E-state index is 11.7. The zero-order chi connectivity index (χ0) is 11.5. The molecule has 1 aliphatic rings. The Balaban J connectivity index is 2.50. The van der Waals surface area contributed by atoms with Crippen LogP contribution in [0.15, 0.2) is 0 Å². The second kappa shape index (κ2) is 5.16. The molecule has 0 saturated carbocycles. The number of thioether (sulfide) groups is 1. The zero-order valence-electron chi connectivity index (χ0n) is 9.28. The van der Waals surface area contributed by atoms with Crippen molar-refractivity contribution in [2.24, 2.45) is 5.73 Å². The Hall–Kier alpha value is -0.290. The number of thiocarbonyl (C=S) groups is 1. The average Bonchev–Trinajstić information content (AvgIpc) is 2.25. The molecule has 1 amide bonds. The van der Waals surface area contributed by atoms with Crippen LogP contribution in [0.25, 0.3) is 0 Å². The first-order valence-electron chi connectivity index (χ1n) is 5.11. The van der Waals surface area contributed by atoms with Crippen molar-refractivity contribution in [2.45, 2.75) is 31.4 Å². The molecule has 0 radical (unpaired) electrons. The lowest BCUT2D eigenvalue weighted by molar-refractivity contribution is -0.129. The maximum Gasteiger partial charge on any atom is 0.229 e. The van der Waals surface area contributed by atoms with E-state index in [2.05, 4.69) is 13.8 Å². The van der Waals surface area contributed by atoms with Gasteiger partial charge >= 0.3 is 0 Å². The Bertz CT molecular complexity index is 266. The average molecular weight is 246 g/mol. The summed E-state index contributed by atoms with van der Waals surface area (Å²) in [4.78, 5) is 13.9. The SMILES string of the molecule is CC1(C)CCN(C(=O)CC(N)=S)CCS1. The Labute approximate surface area is 101 Å². The standard InChI is InChI=1S/C10H18N2OS2/c1-10(2)3-4-12(5-6-15-10)9(13)7-8(11)14/h3-7H2,1-2H3,(H2,11,14). The van der Waals surface area contributed by atoms with Gasteiger partial charge < -0.3 is 10.6 Å². The highest BCUT2D eigenvalue weighted by Crippen LogP contribution is 2.30. The maximum absolute atomic E-state index is 11.7. The molecule has 0 aromatic carbocycles. The lowest BCUT2D eigenvalue weighted by Crippen LogP contribution is -2.35. The van der Waals surface area contributed by atoms with E-state index in [0.29, 0.717) is 0 Å². The molecule has 1 heterocycles. The highest BCUT2D eigenvalue weighted by Gasteiger charge is 2.25. The van der Waals surface area contributed by atoms with Crippen LogP contribution in [0.5, 0.6) is 0 Å². The van der Waals surface area contributed by atoms with Crippen molar-refractivity contribution in [3.05, 3.63) is 0 Å². The molecule has 0 aliphatic carbocycles. The summed E-state index contributed by atoms with van der Waals surface area (Å²) in [7, 11) is 0. The van der Waals surface area contributed by atoms with Gasteiger partial charge in [0.2, 0.25) is 5.91 Å². The molecule has 5 heteroatoms. The number of carbonyl (C=O) groups is 1. The smallest absolute Gasteiger partial charge is 0.229 e. The summed E-state index contributed by atoms with van der Waals surface area (Å²) in [6, 6.07) is 0. The van der Waals surface area contributed by atoms with Gasteiger partial charge in [-0.25, -0.2) is 0 Å². The number of hydrogen-bond donors (Lipinski definition) is 1. The summed E-state index contributed by atoms with van der Waals surface area (Å²) in [5.41, 5.74) is 5.37. The van der Waals surface area contributed by atoms with Crippen LogP contribution in [0.1, 0.15) is 26.7 Å². The summed E-state index contributed by atoms with van der Waals surface area (Å²) in [5, 5.41) is 0. The fourth-order valence-corrected chi connectivity index (χ4v) is 2.75. The largest absolute Gasteiger partial charge is 0.393 e. The number of rotatable bonds is 2. The van der Waals surface area contributed by atoms with Gasteiger partial charge in [-0.2, -0.15) is 11.8 Å². The fourth-order valence-electron chi connectivity index (χ4n) is 1.53. The van der Waals surface area contributed by atoms with Crippen molar-refractivity contribution in [2.75, 3.05) is 18.8 Å². The number of nitrogens with zero attached hydrogens (tertiary/aromatic N) is 1. The lowest BCUT2D eigenvalue weighted by atomic mass is 10.1. The van der Waals surface area contributed by atoms with Crippen LogP contribution >= 0.6 is 24.0 Å². The summed E-state index contributed by atoms with van der Waals surface area (Å²) < 4.78 is 0.276. The van der Waals surface area contributed by atoms with E-state index in [0.717, 1.165) is 25.3 Å². The summed E-state index contributed by atoms with van der Waals surface area (Å²) in [6.07, 6.45) is 1.24. The Kier molecular flexibility index (Phi) is 4.40. The van der Waals surface area contributed by atoms with Gasteiger partial charge in [-0.05, 0) is 6.42 Å². The lowest BCUT2D eigenvalue weighted by Gasteiger charge is -2.22. The molecule has 15 heavy (non-hydrogen) atoms. The topological polar surface area (TPSA) is 46.3 Å². The third-order valence-corrected chi connectivity index (χ3v) is 4.03. The Morgan fingerprint density at radius 2 is 2.20 bits per heavy atom. The fraction of sp³-hybridized carbons (Fsp3) is 0.800. The van der Waals surface area contributed by atoms with Gasteiger partial charge in [0.25, 0.3) is 0 Å². The molecule has 1 fully saturated rings. The molecule has 0 aromatic rings. The van der Waals surface area contributed by atoms with Gasteiger partial charge in [-0.1, -0.05) is 26.1 Å². The van der Waals surface area contributed by atoms with Crippen molar-refractivity contribution >= 4 is 34.9 Å². The van der Waals surface area contributed by atoms with Crippen LogP contribution < -0.4 is 5.73 Å². The highest BCUT2D eigenvalue weighted by molar-refractivity contribution is 8.00. The minimum atomic E-state index is 0.0702. The molecule has 0 aromatic heterocycles. The van der Waals surface area contributed by atoms with Crippen molar-refractivity contribution in [1.29, 1.82) is 0 Å². The molecule has 1 aliphatic heterocycles. The van der Waals surface area contributed by atoms with E-state index in [4.69, 9.17) is 18.0 Å². The van der Waals surface area contributed by atoms with Gasteiger partial charge in [0.05, 0.1) is 11.4 Å². The Morgan fingerprint density at radius 3 is 2.80 bits per heavy atom. The van der Waals surface area contributed by atoms with Crippen LogP contribution in [0.4, 0.5) is 0 Å². The number of amides is 1. The first-order valence-corrected chi connectivity index (χ1v) is 6.50. The first-order chi connectivity index (χ1) is 6.91. The van der Waals surface area contributed by atoms with E-state index in [1.165, 1.54) is 0 Å². The molecule has 86 valence electrons. The van der Waals surface area contributed by atoms with Gasteiger partial charge in [-0.15, -0.1) is 0 Å². The Morgan fingerprint density at radius 1 is 1.53 bits per heavy atom. The van der Waals surface area contributed by atoms with Crippen LogP contribution in [-0.4, -0.2) is 39.4 Å². The molecular formula is C10H18N2OS2. The molecule has 0 atom stereocenters. The van der Waals surface area contributed by atoms with E-state index >= 15 is 0 Å². The predicted molar refractivity (Wildman–Crippen MR) is 69.1 cm³/mol. The zero-order valence-corrected chi connectivity index (χ0v) is 10.9. The van der Waals surface area contributed by atoms with Crippen molar-refractivity contribution in [3.8, 4) is 0 Å². The van der Waals surface area contributed by atoms with E-state index in [-0.39, 0.29) is 22.1 Å². The second-order valence-electron chi connectivity index (χ2n) is 4.38. The molecule has 1 saturated heterocycles. The molecular weight excluding hydrogens is 228 g/mol. The second-order valence-corrected chi connectivity index (χ2v) is 6.71. The highest BCUT2D eigenvalue weighted by atomic mass is 32.2. The van der Waals surface area contributed by atoms with Gasteiger partial charge in [0.1, 0.15) is 0 Å². The summed E-state index contributed by atoms with van der Waals surface area (Å²) in [6.45, 7) is 6.08. The van der Waals surface area contributed by atoms with Gasteiger partial charge in [0.15, 0.2) is 0 Å². The molecule has 0 unspecified atom stereocenters. The van der Waals surface area contributed by atoms with Crippen molar-refractivity contribution in [3.63, 3.8) is 0 Å². The van der Waals surface area contributed by atoms with Crippen LogP contribution in [0.3, 0.4) is 0 Å². The van der Waals surface area contributed by atoms with E-state index in [1.54, 1.807) is 0 Å². The van der Waals surface area contributed by atoms with Gasteiger partial charge in [-0.3, -0.25) is 4.79 Å². The van der Waals surface area contributed by atoms with Crippen LogP contribution in [0.2, 0.25) is 0 Å². The summed E-state index contributed by atoms with van der Waals surface area (Å²) in [5.74, 6) is 1.07. The third kappa shape index (κ3) is 4.38. The number of hydrogen-bond acceptors (Lipinski definition) is 3. The third-order valence-electron chi connectivity index (χ3n) is 2.52. The predicted octanol–water partition coefficient (Wildman–Crippen LogP) is 1.41. The van der Waals surface area contributed by atoms with Gasteiger partial charge in [0, 0.05) is 23.6 Å². The normalized spacial score (nSPS) is 20.8. The quantitative estimate of drug-likeness (QED) is 0.748. The number of carbonyl (C=O) groups excluding carboxylic acids is 1. The minimum Gasteiger partial charge on any atom is -0.393 e. The van der Waals surface area contributed by atoms with Crippen molar-refractivity contribution in [1.82, 2.24) is 4.90 Å². The molecule has 2 N–H and O–H groups in total. The molecule has 0 bridgehead atoms. The molecule has 3 nitrogen and oxygen atoms in total. The van der Waals surface area contributed by atoms with E-state index in [9.17, 15) is 4.79 Å². The number of nitrogens with two attached hydrogens (primary N) is 1. The van der Waals surface area contributed by atoms with Crippen LogP contribution in [-0.2, 0) is 4.79 Å². The molecule has 1 rings (SSSR count). The van der Waals surface area contributed by atoms with E-state index in [1.807, 2.05) is 16.7 Å². The van der Waals surface area contributed by atoms with E-state index < -0.39 is 0 Å². The summed E-state index contributed by atoms with van der Waals surface area (Å²) >= 11 is 6.67. The van der Waals surface area contributed by atoms with Crippen LogP contribution in [0, 0.1) is 0 Å². The van der Waals surface area contributed by atoms with Crippen molar-refractivity contribution < 1.29 is 4.79 Å².